The summed E-state index contributed by atoms with van der Waals surface area (Å²) in [6.07, 6.45) is 0. The van der Waals surface area contributed by atoms with E-state index in [0.717, 1.165) is 17.1 Å². The van der Waals surface area contributed by atoms with Crippen LogP contribution in [-0.4, -0.2) is 0 Å². The van der Waals surface area contributed by atoms with Crippen molar-refractivity contribution in [2.75, 3.05) is 4.90 Å². The van der Waals surface area contributed by atoms with Crippen molar-refractivity contribution >= 4 is 17.1 Å². The summed E-state index contributed by atoms with van der Waals surface area (Å²) >= 11 is 0. The molecule has 0 amide bonds. The van der Waals surface area contributed by atoms with Crippen LogP contribution in [0.2, 0.25) is 0 Å². The fourth-order valence-electron chi connectivity index (χ4n) is 12.0. The minimum absolute atomic E-state index is 0.541. The van der Waals surface area contributed by atoms with Crippen LogP contribution in [0.4, 0.5) is 17.1 Å². The van der Waals surface area contributed by atoms with Crippen molar-refractivity contribution in [1.82, 2.24) is 0 Å². The lowest BCUT2D eigenvalue weighted by Gasteiger charge is -2.50. The van der Waals surface area contributed by atoms with Gasteiger partial charge in [0, 0.05) is 17.1 Å². The highest BCUT2D eigenvalue weighted by atomic mass is 15.1. The summed E-state index contributed by atoms with van der Waals surface area (Å²) in [6, 6.07) is 105. The second-order valence-corrected chi connectivity index (χ2v) is 18.3. The monoisotopic (exact) mass is 877 g/mol. The molecule has 2 aliphatic rings. The lowest BCUT2D eigenvalue weighted by atomic mass is 9.51. The predicted octanol–water partition coefficient (Wildman–Crippen LogP) is 17.2. The van der Waals surface area contributed by atoms with E-state index in [1.54, 1.807) is 0 Å². The maximum atomic E-state index is 2.41. The van der Waals surface area contributed by atoms with Crippen molar-refractivity contribution in [3.05, 3.63) is 330 Å². The third kappa shape index (κ3) is 6.24. The standard InChI is InChI=1S/C68H47N/c1-5-21-48(22-6-1)50-39-43-55(44-40-50)69(57-30-19-25-52(47-57)49-23-7-2-8-24-49)56-45-41-51(42-46-56)58-32-20-38-65-66(58)59-31-13-14-33-60(59)68(65)63-36-17-15-34-61(63)67(53-26-9-3-10-27-53,54-28-11-4-12-29-54)62-35-16-18-37-64(62)68/h1-47H. The highest BCUT2D eigenvalue weighted by Gasteiger charge is 2.56. The van der Waals surface area contributed by atoms with Gasteiger partial charge in [0.2, 0.25) is 0 Å². The van der Waals surface area contributed by atoms with Gasteiger partial charge in [-0.2, -0.15) is 0 Å². The minimum atomic E-state index is -0.561. The molecule has 0 saturated carbocycles. The van der Waals surface area contributed by atoms with E-state index < -0.39 is 10.8 Å². The van der Waals surface area contributed by atoms with E-state index in [-0.39, 0.29) is 0 Å². The molecule has 13 rings (SSSR count). The third-order valence-corrected chi connectivity index (χ3v) is 14.8. The molecule has 0 bridgehead atoms. The van der Waals surface area contributed by atoms with Gasteiger partial charge in [-0.3, -0.25) is 0 Å². The van der Waals surface area contributed by atoms with Gasteiger partial charge in [0.25, 0.3) is 0 Å². The molecule has 0 fully saturated rings. The molecule has 11 aromatic carbocycles. The second-order valence-electron chi connectivity index (χ2n) is 18.3. The molecular formula is C68H47N. The molecule has 0 unspecified atom stereocenters. The average molecular weight is 878 g/mol. The van der Waals surface area contributed by atoms with Crippen molar-refractivity contribution in [2.24, 2.45) is 0 Å². The molecule has 0 saturated heterocycles. The van der Waals surface area contributed by atoms with Crippen molar-refractivity contribution in [1.29, 1.82) is 0 Å². The Morgan fingerprint density at radius 1 is 0.217 bits per heavy atom. The Morgan fingerprint density at radius 3 is 1.14 bits per heavy atom. The first-order chi connectivity index (χ1) is 34.2. The quantitative estimate of drug-likeness (QED) is 0.147. The molecule has 0 N–H and O–H groups in total. The molecular weight excluding hydrogens is 831 g/mol. The van der Waals surface area contributed by atoms with Gasteiger partial charge in [0.05, 0.1) is 10.8 Å². The summed E-state index contributed by atoms with van der Waals surface area (Å²) in [4.78, 5) is 2.38. The van der Waals surface area contributed by atoms with Crippen LogP contribution < -0.4 is 4.90 Å². The fourth-order valence-corrected chi connectivity index (χ4v) is 12.0. The van der Waals surface area contributed by atoms with Crippen LogP contribution in [0.5, 0.6) is 0 Å². The SMILES string of the molecule is c1ccc(-c2ccc(N(c3ccc(-c4cccc5c4-c4ccccc4C54c5ccccc5C(c5ccccc5)(c5ccccc5)c5ccccc54)cc3)c3cccc(-c4ccccc4)c3)cc2)cc1. The van der Waals surface area contributed by atoms with Gasteiger partial charge in [-0.1, -0.05) is 249 Å². The van der Waals surface area contributed by atoms with Gasteiger partial charge in [-0.05, 0) is 125 Å². The molecule has 2 aliphatic carbocycles. The van der Waals surface area contributed by atoms with Gasteiger partial charge in [0.1, 0.15) is 0 Å². The molecule has 324 valence electrons. The summed E-state index contributed by atoms with van der Waals surface area (Å²) in [5.74, 6) is 0. The van der Waals surface area contributed by atoms with Crippen LogP contribution in [-0.2, 0) is 10.8 Å². The molecule has 0 atom stereocenters. The zero-order chi connectivity index (χ0) is 45.8. The lowest BCUT2D eigenvalue weighted by Crippen LogP contribution is -2.44. The Kier molecular flexibility index (Phi) is 9.70. The van der Waals surface area contributed by atoms with Gasteiger partial charge in [-0.25, -0.2) is 0 Å². The molecule has 0 radical (unpaired) electrons. The maximum absolute atomic E-state index is 2.41. The number of hydrogen-bond donors (Lipinski definition) is 0. The number of nitrogens with zero attached hydrogens (tertiary/aromatic N) is 1. The van der Waals surface area contributed by atoms with Crippen molar-refractivity contribution in [3.63, 3.8) is 0 Å². The van der Waals surface area contributed by atoms with Crippen molar-refractivity contribution < 1.29 is 0 Å². The first kappa shape index (κ1) is 40.5. The average Bonchev–Trinajstić information content (AvgIpc) is 3.74. The third-order valence-electron chi connectivity index (χ3n) is 14.8. The summed E-state index contributed by atoms with van der Waals surface area (Å²) in [6.45, 7) is 0. The zero-order valence-corrected chi connectivity index (χ0v) is 38.1. The largest absolute Gasteiger partial charge is 0.310 e. The van der Waals surface area contributed by atoms with Gasteiger partial charge < -0.3 is 4.90 Å². The van der Waals surface area contributed by atoms with E-state index in [4.69, 9.17) is 0 Å². The normalized spacial score (nSPS) is 13.4. The molecule has 0 aliphatic heterocycles. The Labute approximate surface area is 404 Å². The van der Waals surface area contributed by atoms with Crippen LogP contribution in [0.3, 0.4) is 0 Å². The number of hydrogen-bond acceptors (Lipinski definition) is 1. The fraction of sp³-hybridized carbons (Fsp3) is 0.0294. The summed E-state index contributed by atoms with van der Waals surface area (Å²) in [5, 5.41) is 0. The van der Waals surface area contributed by atoms with E-state index >= 15 is 0 Å². The number of benzene rings is 11. The summed E-state index contributed by atoms with van der Waals surface area (Å²) < 4.78 is 0. The smallest absolute Gasteiger partial charge is 0.0720 e. The van der Waals surface area contributed by atoms with Crippen LogP contribution in [0, 0.1) is 0 Å². The van der Waals surface area contributed by atoms with Crippen molar-refractivity contribution in [3.8, 4) is 44.5 Å². The number of fused-ring (bicyclic) bond motifs is 9. The number of rotatable bonds is 8. The topological polar surface area (TPSA) is 3.24 Å². The van der Waals surface area contributed by atoms with E-state index in [0.29, 0.717) is 0 Å². The second kappa shape index (κ2) is 16.5. The first-order valence-electron chi connectivity index (χ1n) is 24.0. The maximum Gasteiger partial charge on any atom is 0.0720 e. The summed E-state index contributed by atoms with van der Waals surface area (Å²) in [5.41, 5.74) is 22.4. The molecule has 69 heavy (non-hydrogen) atoms. The first-order valence-corrected chi connectivity index (χ1v) is 24.0. The molecule has 1 spiro atoms. The number of anilines is 3. The minimum Gasteiger partial charge on any atom is -0.310 e. The van der Waals surface area contributed by atoms with Crippen molar-refractivity contribution in [2.45, 2.75) is 10.8 Å². The van der Waals surface area contributed by atoms with E-state index in [9.17, 15) is 0 Å². The zero-order valence-electron chi connectivity index (χ0n) is 38.1. The molecule has 1 heteroatoms. The Bertz CT molecular complexity index is 3540. The summed E-state index contributed by atoms with van der Waals surface area (Å²) in [7, 11) is 0. The molecule has 0 heterocycles. The molecule has 11 aromatic rings. The van der Waals surface area contributed by atoms with Gasteiger partial charge in [0.15, 0.2) is 0 Å². The van der Waals surface area contributed by atoms with Crippen LogP contribution in [0.15, 0.2) is 285 Å². The van der Waals surface area contributed by atoms with Gasteiger partial charge >= 0.3 is 0 Å². The molecule has 0 aromatic heterocycles. The highest BCUT2D eigenvalue weighted by Crippen LogP contribution is 2.65. The van der Waals surface area contributed by atoms with Crippen LogP contribution in [0.25, 0.3) is 44.5 Å². The van der Waals surface area contributed by atoms with Crippen LogP contribution >= 0.6 is 0 Å². The Morgan fingerprint density at radius 2 is 0.594 bits per heavy atom. The Balaban J connectivity index is 0.987. The predicted molar refractivity (Wildman–Crippen MR) is 287 cm³/mol. The van der Waals surface area contributed by atoms with E-state index in [2.05, 4.69) is 290 Å². The van der Waals surface area contributed by atoms with Crippen LogP contribution in [0.1, 0.15) is 44.5 Å². The van der Waals surface area contributed by atoms with E-state index in [1.807, 2.05) is 0 Å². The van der Waals surface area contributed by atoms with Gasteiger partial charge in [-0.15, -0.1) is 0 Å². The highest BCUT2D eigenvalue weighted by molar-refractivity contribution is 5.97. The molecule has 1 nitrogen and oxygen atoms in total. The lowest BCUT2D eigenvalue weighted by molar-refractivity contribution is 0.623. The van der Waals surface area contributed by atoms with E-state index in [1.165, 1.54) is 89.0 Å². The Hall–Kier alpha value is -8.78.